The van der Waals surface area contributed by atoms with Gasteiger partial charge in [0, 0.05) is 44.4 Å². The molecule has 1 amide bonds. The van der Waals surface area contributed by atoms with E-state index in [1.54, 1.807) is 0 Å². The minimum atomic E-state index is -0.142. The van der Waals surface area contributed by atoms with E-state index in [1.807, 2.05) is 20.8 Å². The Kier molecular flexibility index (Phi) is 6.34. The van der Waals surface area contributed by atoms with Crippen LogP contribution < -0.4 is 5.32 Å². The van der Waals surface area contributed by atoms with Crippen molar-refractivity contribution in [3.05, 3.63) is 11.7 Å². The van der Waals surface area contributed by atoms with Crippen LogP contribution in [0.3, 0.4) is 0 Å². The van der Waals surface area contributed by atoms with Crippen LogP contribution in [0, 0.1) is 0 Å². The van der Waals surface area contributed by atoms with Crippen LogP contribution in [-0.2, 0) is 21.4 Å². The highest BCUT2D eigenvalue weighted by molar-refractivity contribution is 5.75. The molecule has 0 unspecified atom stereocenters. The number of carbonyl (C=O) groups is 1. The number of ether oxygens (including phenoxy) is 1. The maximum absolute atomic E-state index is 11.9. The molecule has 2 atom stereocenters. The Morgan fingerprint density at radius 1 is 1.29 bits per heavy atom. The standard InChI is InChI=1S/C17H30N4O3/c1-12-10-21(11-13(2)23-12)9-8-18-14(22)6-7-15-19-16(20-24-15)17(3,4)5/h12-13H,6-11H2,1-5H3,(H,18,22)/t12-,13+. The third-order valence-corrected chi connectivity index (χ3v) is 3.95. The van der Waals surface area contributed by atoms with Gasteiger partial charge in [-0.15, -0.1) is 0 Å². The summed E-state index contributed by atoms with van der Waals surface area (Å²) in [6.07, 6.45) is 1.33. The van der Waals surface area contributed by atoms with Gasteiger partial charge in [-0.05, 0) is 13.8 Å². The molecule has 1 aromatic heterocycles. The number of rotatable bonds is 6. The van der Waals surface area contributed by atoms with Gasteiger partial charge in [-0.2, -0.15) is 4.98 Å². The highest BCUT2D eigenvalue weighted by Gasteiger charge is 2.22. The molecule has 0 radical (unpaired) electrons. The predicted molar refractivity (Wildman–Crippen MR) is 90.8 cm³/mol. The van der Waals surface area contributed by atoms with E-state index in [4.69, 9.17) is 9.26 Å². The summed E-state index contributed by atoms with van der Waals surface area (Å²) in [7, 11) is 0. The third-order valence-electron chi connectivity index (χ3n) is 3.95. The van der Waals surface area contributed by atoms with Crippen molar-refractivity contribution < 1.29 is 14.1 Å². The molecule has 1 aromatic rings. The molecule has 0 saturated carbocycles. The fourth-order valence-electron chi connectivity index (χ4n) is 2.79. The Bertz CT molecular complexity index is 528. The largest absolute Gasteiger partial charge is 0.373 e. The number of amides is 1. The first kappa shape index (κ1) is 18.9. The number of carbonyl (C=O) groups excluding carboxylic acids is 1. The van der Waals surface area contributed by atoms with E-state index in [0.29, 0.717) is 31.1 Å². The summed E-state index contributed by atoms with van der Waals surface area (Å²) in [4.78, 5) is 18.6. The highest BCUT2D eigenvalue weighted by Crippen LogP contribution is 2.18. The summed E-state index contributed by atoms with van der Waals surface area (Å²) in [5, 5.41) is 6.92. The van der Waals surface area contributed by atoms with Crippen molar-refractivity contribution in [3.63, 3.8) is 0 Å². The lowest BCUT2D eigenvalue weighted by atomic mass is 9.96. The number of aromatic nitrogens is 2. The summed E-state index contributed by atoms with van der Waals surface area (Å²) in [5.41, 5.74) is -0.142. The second-order valence-corrected chi connectivity index (χ2v) is 7.63. The molecule has 7 heteroatoms. The van der Waals surface area contributed by atoms with Crippen molar-refractivity contribution in [3.8, 4) is 0 Å². The van der Waals surface area contributed by atoms with Crippen molar-refractivity contribution in [1.29, 1.82) is 0 Å². The smallest absolute Gasteiger partial charge is 0.227 e. The quantitative estimate of drug-likeness (QED) is 0.847. The molecule has 24 heavy (non-hydrogen) atoms. The van der Waals surface area contributed by atoms with Crippen LogP contribution in [-0.4, -0.2) is 59.3 Å². The lowest BCUT2D eigenvalue weighted by molar-refractivity contribution is -0.121. The molecule has 1 fully saturated rings. The van der Waals surface area contributed by atoms with Crippen LogP contribution in [0.5, 0.6) is 0 Å². The Morgan fingerprint density at radius 3 is 2.54 bits per heavy atom. The van der Waals surface area contributed by atoms with Gasteiger partial charge in [-0.25, -0.2) is 0 Å². The van der Waals surface area contributed by atoms with E-state index in [0.717, 1.165) is 19.6 Å². The zero-order valence-electron chi connectivity index (χ0n) is 15.5. The summed E-state index contributed by atoms with van der Waals surface area (Å²) < 4.78 is 10.9. The summed E-state index contributed by atoms with van der Waals surface area (Å²) in [6, 6.07) is 0. The van der Waals surface area contributed by atoms with E-state index in [9.17, 15) is 4.79 Å². The minimum Gasteiger partial charge on any atom is -0.373 e. The summed E-state index contributed by atoms with van der Waals surface area (Å²) >= 11 is 0. The molecule has 0 spiro atoms. The zero-order chi connectivity index (χ0) is 17.7. The van der Waals surface area contributed by atoms with Gasteiger partial charge in [0.05, 0.1) is 12.2 Å². The molecule has 1 aliphatic heterocycles. The number of aryl methyl sites for hydroxylation is 1. The van der Waals surface area contributed by atoms with Crippen LogP contribution in [0.4, 0.5) is 0 Å². The highest BCUT2D eigenvalue weighted by atomic mass is 16.5. The van der Waals surface area contributed by atoms with E-state index in [-0.39, 0.29) is 23.5 Å². The first-order valence-electron chi connectivity index (χ1n) is 8.71. The molecule has 2 rings (SSSR count). The van der Waals surface area contributed by atoms with E-state index in [2.05, 4.69) is 34.2 Å². The molecule has 2 heterocycles. The molecular weight excluding hydrogens is 308 g/mol. The Balaban J connectivity index is 1.66. The first-order chi connectivity index (χ1) is 11.2. The average molecular weight is 338 g/mol. The topological polar surface area (TPSA) is 80.5 Å². The monoisotopic (exact) mass is 338 g/mol. The fourth-order valence-corrected chi connectivity index (χ4v) is 2.79. The van der Waals surface area contributed by atoms with Gasteiger partial charge in [0.2, 0.25) is 11.8 Å². The fraction of sp³-hybridized carbons (Fsp3) is 0.824. The molecule has 0 bridgehead atoms. The zero-order valence-corrected chi connectivity index (χ0v) is 15.5. The normalized spacial score (nSPS) is 22.5. The van der Waals surface area contributed by atoms with Gasteiger partial charge < -0.3 is 14.6 Å². The van der Waals surface area contributed by atoms with Crippen molar-refractivity contribution in [2.75, 3.05) is 26.2 Å². The molecule has 7 nitrogen and oxygen atoms in total. The van der Waals surface area contributed by atoms with Crippen molar-refractivity contribution >= 4 is 5.91 Å². The maximum Gasteiger partial charge on any atom is 0.227 e. The van der Waals surface area contributed by atoms with E-state index >= 15 is 0 Å². The molecule has 1 saturated heterocycles. The van der Waals surface area contributed by atoms with Gasteiger partial charge in [-0.3, -0.25) is 9.69 Å². The summed E-state index contributed by atoms with van der Waals surface area (Å²) in [5.74, 6) is 1.21. The Morgan fingerprint density at radius 2 is 1.96 bits per heavy atom. The van der Waals surface area contributed by atoms with Gasteiger partial charge in [0.15, 0.2) is 5.82 Å². The van der Waals surface area contributed by atoms with Crippen LogP contribution >= 0.6 is 0 Å². The molecular formula is C17H30N4O3. The Hall–Kier alpha value is -1.47. The number of hydrogen-bond acceptors (Lipinski definition) is 6. The number of nitrogens with one attached hydrogen (secondary N) is 1. The number of nitrogens with zero attached hydrogens (tertiary/aromatic N) is 3. The third kappa shape index (κ3) is 5.87. The van der Waals surface area contributed by atoms with Crippen molar-refractivity contribution in [2.45, 2.75) is 65.1 Å². The van der Waals surface area contributed by atoms with Gasteiger partial charge >= 0.3 is 0 Å². The molecule has 1 N–H and O–H groups in total. The summed E-state index contributed by atoms with van der Waals surface area (Å²) in [6.45, 7) is 13.6. The Labute approximate surface area is 144 Å². The van der Waals surface area contributed by atoms with Crippen LogP contribution in [0.1, 0.15) is 52.8 Å². The lowest BCUT2D eigenvalue weighted by Gasteiger charge is -2.35. The minimum absolute atomic E-state index is 0.0138. The maximum atomic E-state index is 11.9. The van der Waals surface area contributed by atoms with Crippen LogP contribution in [0.2, 0.25) is 0 Å². The van der Waals surface area contributed by atoms with E-state index in [1.165, 1.54) is 0 Å². The van der Waals surface area contributed by atoms with Gasteiger partial charge in [0.25, 0.3) is 0 Å². The lowest BCUT2D eigenvalue weighted by Crippen LogP contribution is -2.47. The second-order valence-electron chi connectivity index (χ2n) is 7.63. The second kappa shape index (κ2) is 8.07. The van der Waals surface area contributed by atoms with E-state index < -0.39 is 0 Å². The van der Waals surface area contributed by atoms with Gasteiger partial charge in [-0.1, -0.05) is 25.9 Å². The number of morpholine rings is 1. The molecule has 0 aromatic carbocycles. The van der Waals surface area contributed by atoms with Crippen LogP contribution in [0.15, 0.2) is 4.52 Å². The first-order valence-corrected chi connectivity index (χ1v) is 8.71. The van der Waals surface area contributed by atoms with Crippen LogP contribution in [0.25, 0.3) is 0 Å². The SMILES string of the molecule is C[C@@H]1CN(CCNC(=O)CCc2nc(C(C)(C)C)no2)C[C@H](C)O1. The molecule has 136 valence electrons. The van der Waals surface area contributed by atoms with Crippen molar-refractivity contribution in [1.82, 2.24) is 20.4 Å². The molecule has 1 aliphatic rings. The molecule has 0 aliphatic carbocycles. The van der Waals surface area contributed by atoms with Gasteiger partial charge in [0.1, 0.15) is 0 Å². The van der Waals surface area contributed by atoms with Crippen molar-refractivity contribution in [2.24, 2.45) is 0 Å². The predicted octanol–water partition coefficient (Wildman–Crippen LogP) is 1.53. The average Bonchev–Trinajstić information content (AvgIpc) is 2.93. The number of hydrogen-bond donors (Lipinski definition) is 1.